The van der Waals surface area contributed by atoms with Crippen molar-refractivity contribution >= 4 is 17.8 Å². The third kappa shape index (κ3) is 5.83. The molecule has 2 rings (SSSR count). The second kappa shape index (κ2) is 9.03. The van der Waals surface area contributed by atoms with E-state index in [2.05, 4.69) is 10.6 Å². The fourth-order valence-corrected chi connectivity index (χ4v) is 2.47. The monoisotopic (exact) mass is 394 g/mol. The van der Waals surface area contributed by atoms with E-state index in [1.165, 1.54) is 19.1 Å². The number of halogens is 3. The lowest BCUT2D eigenvalue weighted by Crippen LogP contribution is -2.47. The van der Waals surface area contributed by atoms with Gasteiger partial charge in [-0.3, -0.25) is 9.59 Å². The van der Waals surface area contributed by atoms with Gasteiger partial charge in [0.25, 0.3) is 0 Å². The van der Waals surface area contributed by atoms with E-state index in [9.17, 15) is 32.7 Å². The molecule has 0 bridgehead atoms. The summed E-state index contributed by atoms with van der Waals surface area (Å²) in [6, 6.07) is 4.63. The SMILES string of the molecule is C[C@H](NC(=O)Cc1cc(F)cc(F)c1)C(=O)N[C@H](C(=O)O)c1ccc(F)cc1. The lowest BCUT2D eigenvalue weighted by atomic mass is 10.1. The van der Waals surface area contributed by atoms with E-state index in [4.69, 9.17) is 0 Å². The van der Waals surface area contributed by atoms with Crippen molar-refractivity contribution < 1.29 is 32.7 Å². The summed E-state index contributed by atoms with van der Waals surface area (Å²) in [5.74, 6) is -5.08. The van der Waals surface area contributed by atoms with Gasteiger partial charge in [-0.05, 0) is 42.3 Å². The molecule has 0 unspecified atom stereocenters. The number of hydrogen-bond acceptors (Lipinski definition) is 3. The van der Waals surface area contributed by atoms with E-state index in [1.807, 2.05) is 0 Å². The number of hydrogen-bond donors (Lipinski definition) is 3. The van der Waals surface area contributed by atoms with Crippen LogP contribution in [0.2, 0.25) is 0 Å². The Labute approximate surface area is 158 Å². The van der Waals surface area contributed by atoms with Crippen molar-refractivity contribution in [2.45, 2.75) is 25.4 Å². The number of nitrogens with one attached hydrogen (secondary N) is 2. The van der Waals surface area contributed by atoms with Crippen LogP contribution in [-0.2, 0) is 20.8 Å². The Morgan fingerprint density at radius 3 is 2.04 bits per heavy atom. The highest BCUT2D eigenvalue weighted by molar-refractivity contribution is 5.91. The fraction of sp³-hybridized carbons (Fsp3) is 0.211. The average molecular weight is 394 g/mol. The Hall–Kier alpha value is -3.36. The first-order valence-electron chi connectivity index (χ1n) is 8.18. The number of carbonyl (C=O) groups excluding carboxylic acids is 2. The largest absolute Gasteiger partial charge is 0.479 e. The van der Waals surface area contributed by atoms with E-state index in [0.717, 1.165) is 24.3 Å². The van der Waals surface area contributed by atoms with Gasteiger partial charge in [-0.2, -0.15) is 0 Å². The molecule has 0 aliphatic carbocycles. The Bertz CT molecular complexity index is 867. The summed E-state index contributed by atoms with van der Waals surface area (Å²) in [6.45, 7) is 1.32. The molecule has 9 heteroatoms. The molecule has 0 aliphatic rings. The second-order valence-corrected chi connectivity index (χ2v) is 6.08. The minimum Gasteiger partial charge on any atom is -0.479 e. The van der Waals surface area contributed by atoms with Gasteiger partial charge in [0.1, 0.15) is 23.5 Å². The summed E-state index contributed by atoms with van der Waals surface area (Å²) >= 11 is 0. The lowest BCUT2D eigenvalue weighted by molar-refractivity contribution is -0.142. The number of benzene rings is 2. The first-order valence-corrected chi connectivity index (χ1v) is 8.18. The lowest BCUT2D eigenvalue weighted by Gasteiger charge is -2.19. The van der Waals surface area contributed by atoms with Crippen molar-refractivity contribution in [3.63, 3.8) is 0 Å². The standard InChI is InChI=1S/C19H17F3N2O4/c1-10(23-16(25)8-11-6-14(21)9-15(22)7-11)18(26)24-17(19(27)28)12-2-4-13(20)5-3-12/h2-7,9-10,17H,8H2,1H3,(H,23,25)(H,24,26)(H,27,28)/t10-,17-/m0/s1. The van der Waals surface area contributed by atoms with Gasteiger partial charge < -0.3 is 15.7 Å². The van der Waals surface area contributed by atoms with Crippen LogP contribution in [0.3, 0.4) is 0 Å². The predicted octanol–water partition coefficient (Wildman–Crippen LogP) is 2.09. The van der Waals surface area contributed by atoms with Crippen LogP contribution in [0, 0.1) is 17.5 Å². The molecule has 2 aromatic rings. The highest BCUT2D eigenvalue weighted by Crippen LogP contribution is 2.14. The van der Waals surface area contributed by atoms with Crippen molar-refractivity contribution in [3.8, 4) is 0 Å². The van der Waals surface area contributed by atoms with Crippen LogP contribution in [0.25, 0.3) is 0 Å². The van der Waals surface area contributed by atoms with E-state index in [0.29, 0.717) is 6.07 Å². The number of carboxylic acids is 1. The average Bonchev–Trinajstić information content (AvgIpc) is 2.59. The van der Waals surface area contributed by atoms with Crippen LogP contribution >= 0.6 is 0 Å². The normalized spacial score (nSPS) is 12.7. The highest BCUT2D eigenvalue weighted by Gasteiger charge is 2.25. The minimum atomic E-state index is -1.44. The summed E-state index contributed by atoms with van der Waals surface area (Å²) in [5, 5.41) is 13.9. The van der Waals surface area contributed by atoms with Gasteiger partial charge in [-0.25, -0.2) is 18.0 Å². The number of rotatable bonds is 7. The topological polar surface area (TPSA) is 95.5 Å². The molecule has 3 N–H and O–H groups in total. The maximum atomic E-state index is 13.2. The molecular weight excluding hydrogens is 377 g/mol. The Morgan fingerprint density at radius 1 is 0.929 bits per heavy atom. The van der Waals surface area contributed by atoms with Crippen molar-refractivity contribution in [1.82, 2.24) is 10.6 Å². The number of carbonyl (C=O) groups is 3. The van der Waals surface area contributed by atoms with E-state index in [-0.39, 0.29) is 17.5 Å². The van der Waals surface area contributed by atoms with Crippen molar-refractivity contribution in [2.24, 2.45) is 0 Å². The van der Waals surface area contributed by atoms with Gasteiger partial charge in [-0.1, -0.05) is 12.1 Å². The maximum absolute atomic E-state index is 13.2. The predicted molar refractivity (Wildman–Crippen MR) is 92.6 cm³/mol. The van der Waals surface area contributed by atoms with Crippen LogP contribution in [-0.4, -0.2) is 28.9 Å². The summed E-state index contributed by atoms with van der Waals surface area (Å²) < 4.78 is 39.3. The molecule has 0 spiro atoms. The zero-order valence-corrected chi connectivity index (χ0v) is 14.7. The van der Waals surface area contributed by atoms with E-state index in [1.54, 1.807) is 0 Å². The molecular formula is C19H17F3N2O4. The molecule has 0 saturated heterocycles. The number of carboxylic acid groups (broad SMARTS) is 1. The molecule has 0 aromatic heterocycles. The molecule has 2 amide bonds. The number of aliphatic carboxylic acids is 1. The number of amides is 2. The third-order valence-electron chi connectivity index (χ3n) is 3.79. The summed E-state index contributed by atoms with van der Waals surface area (Å²) in [5.41, 5.74) is 0.230. The fourth-order valence-electron chi connectivity index (χ4n) is 2.47. The van der Waals surface area contributed by atoms with Gasteiger partial charge in [0.2, 0.25) is 11.8 Å². The first kappa shape index (κ1) is 20.9. The van der Waals surface area contributed by atoms with Crippen LogP contribution in [0.5, 0.6) is 0 Å². The van der Waals surface area contributed by atoms with Gasteiger partial charge >= 0.3 is 5.97 Å². The van der Waals surface area contributed by atoms with Gasteiger partial charge in [0, 0.05) is 6.07 Å². The zero-order chi connectivity index (χ0) is 20.8. The van der Waals surface area contributed by atoms with E-state index >= 15 is 0 Å². The van der Waals surface area contributed by atoms with Crippen LogP contribution < -0.4 is 10.6 Å². The summed E-state index contributed by atoms with van der Waals surface area (Å²) in [6.07, 6.45) is -0.368. The maximum Gasteiger partial charge on any atom is 0.330 e. The van der Waals surface area contributed by atoms with Gasteiger partial charge in [-0.15, -0.1) is 0 Å². The zero-order valence-electron chi connectivity index (χ0n) is 14.7. The van der Waals surface area contributed by atoms with Crippen LogP contribution in [0.15, 0.2) is 42.5 Å². The molecule has 0 heterocycles. The quantitative estimate of drug-likeness (QED) is 0.670. The molecule has 148 valence electrons. The molecule has 0 aliphatic heterocycles. The van der Waals surface area contributed by atoms with E-state index < -0.39 is 47.3 Å². The van der Waals surface area contributed by atoms with Crippen molar-refractivity contribution in [3.05, 3.63) is 71.0 Å². The summed E-state index contributed by atoms with van der Waals surface area (Å²) in [4.78, 5) is 35.6. The van der Waals surface area contributed by atoms with Crippen LogP contribution in [0.4, 0.5) is 13.2 Å². The highest BCUT2D eigenvalue weighted by atomic mass is 19.1. The molecule has 0 radical (unpaired) electrons. The molecule has 0 fully saturated rings. The minimum absolute atomic E-state index is 0.0809. The third-order valence-corrected chi connectivity index (χ3v) is 3.79. The van der Waals surface area contributed by atoms with Gasteiger partial charge in [0.05, 0.1) is 6.42 Å². The molecule has 6 nitrogen and oxygen atoms in total. The Kier molecular flexibility index (Phi) is 6.75. The van der Waals surface area contributed by atoms with Gasteiger partial charge in [0.15, 0.2) is 6.04 Å². The molecule has 28 heavy (non-hydrogen) atoms. The Balaban J connectivity index is 1.99. The first-order chi connectivity index (χ1) is 13.2. The van der Waals surface area contributed by atoms with Crippen molar-refractivity contribution in [2.75, 3.05) is 0 Å². The van der Waals surface area contributed by atoms with Crippen LogP contribution in [0.1, 0.15) is 24.1 Å². The molecule has 0 saturated carbocycles. The molecule has 2 atom stereocenters. The summed E-state index contributed by atoms with van der Waals surface area (Å²) in [7, 11) is 0. The van der Waals surface area contributed by atoms with Crippen molar-refractivity contribution in [1.29, 1.82) is 0 Å². The molecule has 2 aromatic carbocycles. The Morgan fingerprint density at radius 2 is 1.50 bits per heavy atom. The second-order valence-electron chi connectivity index (χ2n) is 6.08. The smallest absolute Gasteiger partial charge is 0.330 e.